The predicted molar refractivity (Wildman–Crippen MR) is 143 cm³/mol. The molecular formula is C27H47NO3S. The lowest BCUT2D eigenvalue weighted by Crippen LogP contribution is -2.06. The van der Waals surface area contributed by atoms with Gasteiger partial charge in [0.25, 0.3) is 0 Å². The van der Waals surface area contributed by atoms with Crippen molar-refractivity contribution < 1.29 is 14.7 Å². The Hall–Kier alpha value is -2.11. The van der Waals surface area contributed by atoms with Crippen LogP contribution in [0.15, 0.2) is 22.1 Å². The number of carboxylic acid groups (broad SMARTS) is 1. The van der Waals surface area contributed by atoms with Crippen molar-refractivity contribution in [1.29, 1.82) is 0 Å². The molecule has 0 spiro atoms. The topological polar surface area (TPSA) is 66.4 Å². The molecule has 184 valence electrons. The van der Waals surface area contributed by atoms with Gasteiger partial charge in [0.2, 0.25) is 6.41 Å². The predicted octanol–water partition coefficient (Wildman–Crippen LogP) is 7.62. The quantitative estimate of drug-likeness (QED) is 0.249. The molecule has 1 aliphatic carbocycles. The molecular weight excluding hydrogens is 418 g/mol. The lowest BCUT2D eigenvalue weighted by molar-refractivity contribution is -0.131. The fourth-order valence-electron chi connectivity index (χ4n) is 2.08. The number of amides is 1. The van der Waals surface area contributed by atoms with Gasteiger partial charge in [-0.3, -0.25) is 4.79 Å². The minimum absolute atomic E-state index is 0.0124. The van der Waals surface area contributed by atoms with Gasteiger partial charge in [-0.1, -0.05) is 103 Å². The Balaban J connectivity index is -0.000000228. The molecule has 0 heterocycles. The van der Waals surface area contributed by atoms with Crippen LogP contribution in [0.3, 0.4) is 0 Å². The third kappa shape index (κ3) is 30.1. The van der Waals surface area contributed by atoms with Crippen molar-refractivity contribution in [1.82, 2.24) is 5.32 Å². The van der Waals surface area contributed by atoms with Gasteiger partial charge in [0.15, 0.2) is 0 Å². The van der Waals surface area contributed by atoms with Crippen LogP contribution in [0.2, 0.25) is 0 Å². The van der Waals surface area contributed by atoms with Gasteiger partial charge in [0, 0.05) is 11.6 Å². The Bertz CT molecular complexity index is 596. The molecule has 2 N–H and O–H groups in total. The highest BCUT2D eigenvalue weighted by atomic mass is 32.2. The van der Waals surface area contributed by atoms with Crippen LogP contribution in [0.25, 0.3) is 0 Å². The maximum atomic E-state index is 10.9. The number of carbonyl (C=O) groups is 2. The number of nitrogens with one attached hydrogen (secondary N) is 1. The largest absolute Gasteiger partial charge is 0.477 e. The van der Waals surface area contributed by atoms with Crippen LogP contribution in [0.4, 0.5) is 0 Å². The zero-order valence-electron chi connectivity index (χ0n) is 21.9. The third-order valence-electron chi connectivity index (χ3n) is 3.43. The second kappa shape index (κ2) is 26.9. The maximum Gasteiger partial charge on any atom is 0.344 e. The molecule has 1 amide bonds. The molecule has 1 rings (SSSR count). The van der Waals surface area contributed by atoms with E-state index in [1.54, 1.807) is 13.0 Å². The molecule has 5 heteroatoms. The summed E-state index contributed by atoms with van der Waals surface area (Å²) in [5.74, 6) is 5.88. The highest BCUT2D eigenvalue weighted by molar-refractivity contribution is 8.07. The van der Waals surface area contributed by atoms with Gasteiger partial charge in [-0.05, 0) is 33.6 Å². The number of terminal acetylenes is 1. The zero-order chi connectivity index (χ0) is 26.0. The maximum absolute atomic E-state index is 10.9. The van der Waals surface area contributed by atoms with Crippen molar-refractivity contribution in [3.05, 3.63) is 22.1 Å². The van der Waals surface area contributed by atoms with Crippen LogP contribution in [0.5, 0.6) is 0 Å². The lowest BCUT2D eigenvalue weighted by Gasteiger charge is -2.15. The molecule has 1 saturated carbocycles. The molecule has 0 unspecified atom stereocenters. The first-order valence-corrected chi connectivity index (χ1v) is 12.3. The molecule has 0 aromatic rings. The van der Waals surface area contributed by atoms with E-state index in [2.05, 4.69) is 50.8 Å². The summed E-state index contributed by atoms with van der Waals surface area (Å²) in [7, 11) is 0. The van der Waals surface area contributed by atoms with E-state index in [4.69, 9.17) is 5.11 Å². The van der Waals surface area contributed by atoms with E-state index < -0.39 is 5.97 Å². The van der Waals surface area contributed by atoms with Crippen molar-refractivity contribution in [3.8, 4) is 24.7 Å². The van der Waals surface area contributed by atoms with E-state index in [0.29, 0.717) is 11.3 Å². The number of thioether (sulfide) groups is 1. The minimum atomic E-state index is -1.11. The van der Waals surface area contributed by atoms with Crippen LogP contribution in [-0.2, 0) is 9.59 Å². The highest BCUT2D eigenvalue weighted by Gasteiger charge is 2.10. The summed E-state index contributed by atoms with van der Waals surface area (Å²) >= 11 is 1.01. The number of aliphatic carboxylic acids is 1. The number of carboxylic acids is 1. The van der Waals surface area contributed by atoms with Crippen molar-refractivity contribution in [2.45, 2.75) is 101 Å². The number of carbonyl (C=O) groups excluding carboxylic acids is 1. The van der Waals surface area contributed by atoms with Gasteiger partial charge in [0.1, 0.15) is 4.91 Å². The Morgan fingerprint density at radius 3 is 1.91 bits per heavy atom. The average molecular weight is 466 g/mol. The first-order valence-electron chi connectivity index (χ1n) is 11.4. The van der Waals surface area contributed by atoms with E-state index in [-0.39, 0.29) is 10.3 Å². The fourth-order valence-corrected chi connectivity index (χ4v) is 2.75. The van der Waals surface area contributed by atoms with Crippen LogP contribution in [0, 0.1) is 36.0 Å². The normalized spacial score (nSPS) is 13.3. The highest BCUT2D eigenvalue weighted by Crippen LogP contribution is 2.25. The van der Waals surface area contributed by atoms with Crippen molar-refractivity contribution in [2.24, 2.45) is 11.3 Å². The van der Waals surface area contributed by atoms with Crippen molar-refractivity contribution >= 4 is 24.1 Å². The fraction of sp³-hybridized carbons (Fsp3) is 0.630. The molecule has 0 aromatic heterocycles. The number of allylic oxidation sites excluding steroid dienone is 2. The summed E-state index contributed by atoms with van der Waals surface area (Å²) in [6, 6.07) is 0. The Morgan fingerprint density at radius 2 is 1.62 bits per heavy atom. The summed E-state index contributed by atoms with van der Waals surface area (Å²) in [6.07, 6.45) is 20.0. The summed E-state index contributed by atoms with van der Waals surface area (Å²) in [4.78, 5) is 21.7. The van der Waals surface area contributed by atoms with Crippen molar-refractivity contribution in [2.75, 3.05) is 0 Å². The SMILES string of the molecule is C#C.C/C=C(/C#CC(C)(C)C)S/C(=C/NC=O)C(=O)O.CC.CC1CCCCC1.CCC. The average Bonchev–Trinajstić information content (AvgIpc) is 2.77. The third-order valence-corrected chi connectivity index (χ3v) is 4.50. The van der Waals surface area contributed by atoms with Gasteiger partial charge < -0.3 is 10.4 Å². The van der Waals surface area contributed by atoms with Crippen LogP contribution in [-0.4, -0.2) is 17.5 Å². The second-order valence-electron chi connectivity index (χ2n) is 7.80. The molecule has 4 nitrogen and oxygen atoms in total. The lowest BCUT2D eigenvalue weighted by atomic mass is 9.91. The summed E-state index contributed by atoms with van der Waals surface area (Å²) in [5.41, 5.74) is -0.150. The molecule has 0 aromatic carbocycles. The monoisotopic (exact) mass is 465 g/mol. The molecule has 1 fully saturated rings. The van der Waals surface area contributed by atoms with Gasteiger partial charge in [0.05, 0.1) is 4.91 Å². The van der Waals surface area contributed by atoms with Crippen LogP contribution < -0.4 is 5.32 Å². The zero-order valence-corrected chi connectivity index (χ0v) is 22.7. The Morgan fingerprint density at radius 1 is 1.16 bits per heavy atom. The molecule has 0 radical (unpaired) electrons. The van der Waals surface area contributed by atoms with E-state index in [9.17, 15) is 9.59 Å². The first kappa shape index (κ1) is 37.2. The van der Waals surface area contributed by atoms with E-state index in [0.717, 1.165) is 23.9 Å². The first-order chi connectivity index (χ1) is 15.1. The molecule has 32 heavy (non-hydrogen) atoms. The minimum Gasteiger partial charge on any atom is -0.477 e. The van der Waals surface area contributed by atoms with E-state index in [1.807, 2.05) is 34.6 Å². The number of hydrogen-bond donors (Lipinski definition) is 2. The molecule has 0 atom stereocenters. The molecule has 1 aliphatic rings. The second-order valence-corrected chi connectivity index (χ2v) is 8.89. The molecule has 0 bridgehead atoms. The summed E-state index contributed by atoms with van der Waals surface area (Å²) in [6.45, 7) is 18.3. The van der Waals surface area contributed by atoms with E-state index >= 15 is 0 Å². The van der Waals surface area contributed by atoms with Gasteiger partial charge >= 0.3 is 5.97 Å². The Labute approximate surface area is 203 Å². The molecule has 0 aliphatic heterocycles. The van der Waals surface area contributed by atoms with Crippen molar-refractivity contribution in [3.63, 3.8) is 0 Å². The van der Waals surface area contributed by atoms with Gasteiger partial charge in [-0.2, -0.15) is 0 Å². The number of hydrogen-bond acceptors (Lipinski definition) is 3. The smallest absolute Gasteiger partial charge is 0.344 e. The Kier molecular flexibility index (Phi) is 31.3. The van der Waals surface area contributed by atoms with Gasteiger partial charge in [-0.15, -0.1) is 12.8 Å². The van der Waals surface area contributed by atoms with Crippen LogP contribution >= 0.6 is 11.8 Å². The number of rotatable bonds is 5. The molecule has 0 saturated heterocycles. The standard InChI is InChI=1S/C13H17NO3S.C7H14.C3H8.C2H6.C2H2/c1-5-10(6-7-13(2,3)4)18-11(12(16)17)8-14-9-15;1-7-5-3-2-4-6-7;1-3-2;2*1-2/h5,8-9H,1-4H3,(H,14,15)(H,16,17);7H,2-6H2,1H3;3H2,1-2H3;1-2H3;1-2H/b10-5-,11-8+;;;;. The van der Waals surface area contributed by atoms with Gasteiger partial charge in [-0.25, -0.2) is 4.79 Å². The summed E-state index contributed by atoms with van der Waals surface area (Å²) in [5, 5.41) is 11.2. The van der Waals surface area contributed by atoms with Crippen LogP contribution in [0.1, 0.15) is 101 Å². The van der Waals surface area contributed by atoms with E-state index in [1.165, 1.54) is 38.5 Å². The summed E-state index contributed by atoms with van der Waals surface area (Å²) < 4.78 is 0.